The summed E-state index contributed by atoms with van der Waals surface area (Å²) < 4.78 is 9.47. The summed E-state index contributed by atoms with van der Waals surface area (Å²) in [6.45, 7) is 19.8. The van der Waals surface area contributed by atoms with E-state index >= 15 is 0 Å². The lowest BCUT2D eigenvalue weighted by molar-refractivity contribution is -0.184. The second-order valence-electron chi connectivity index (χ2n) is 19.9. The van der Waals surface area contributed by atoms with Gasteiger partial charge in [-0.05, 0) is 147 Å². The topological polar surface area (TPSA) is 157 Å². The summed E-state index contributed by atoms with van der Waals surface area (Å²) in [5.41, 5.74) is 7.62. The van der Waals surface area contributed by atoms with Crippen LogP contribution in [0.25, 0.3) is 5.69 Å². The smallest absolute Gasteiger partial charge is 0.309 e. The standard InChI is InChI=1S/C47H65ClN4O6/c1-10-32(58-36(54)26-43(5,6)42(56)57)18-19-44(7)29(4)17-20-46(9)35(44)16-15-33-38-37(28(2)3)34(53)25-47(38,22-21-45(33,46)8)40-39(48)41(55)52(51(40)24-23-49)31-13-11-30(27-50)12-14-31/h11-14,28-29,32-33,35H,10,15-26,49H2,1-9H3,(H,56,57)/t29-,32-,33-,35-,44+,45-,46-,47-/m1/s1. The molecule has 2 aromatic rings. The molecule has 0 unspecified atom stereocenters. The number of aliphatic carboxylic acids is 1. The number of ether oxygens (including phenoxy) is 1. The molecule has 1 aromatic carbocycles. The molecule has 0 radical (unpaired) electrons. The number of carbonyl (C=O) groups is 3. The Bertz CT molecular complexity index is 2090. The predicted octanol–water partition coefficient (Wildman–Crippen LogP) is 9.16. The number of carboxylic acid groups (broad SMARTS) is 1. The first kappa shape index (κ1) is 43.9. The number of halogens is 1. The summed E-state index contributed by atoms with van der Waals surface area (Å²) in [4.78, 5) is 53.5. The maximum absolute atomic E-state index is 14.5. The minimum atomic E-state index is -1.19. The number of hydrogen-bond donors (Lipinski definition) is 2. The first-order valence-corrected chi connectivity index (χ1v) is 22.0. The Balaban J connectivity index is 1.39. The van der Waals surface area contributed by atoms with Crippen LogP contribution in [0.2, 0.25) is 5.02 Å². The summed E-state index contributed by atoms with van der Waals surface area (Å²) in [6, 6.07) is 9.05. The van der Waals surface area contributed by atoms with Crippen LogP contribution >= 0.6 is 11.6 Å². The molecular weight excluding hydrogens is 752 g/mol. The van der Waals surface area contributed by atoms with E-state index in [-0.39, 0.29) is 69.9 Å². The second-order valence-corrected chi connectivity index (χ2v) is 20.3. The maximum atomic E-state index is 14.5. The lowest BCUT2D eigenvalue weighted by Gasteiger charge is -2.69. The molecule has 0 amide bonds. The summed E-state index contributed by atoms with van der Waals surface area (Å²) in [6.07, 6.45) is 7.74. The Morgan fingerprint density at radius 3 is 2.33 bits per heavy atom. The van der Waals surface area contributed by atoms with E-state index < -0.39 is 22.8 Å². The second kappa shape index (κ2) is 15.7. The average Bonchev–Trinajstić information content (AvgIpc) is 3.61. The molecule has 3 fully saturated rings. The van der Waals surface area contributed by atoms with Crippen LogP contribution in [0.15, 0.2) is 40.2 Å². The fourth-order valence-corrected chi connectivity index (χ4v) is 13.0. The number of fused-ring (bicyclic) bond motifs is 5. The number of carboxylic acids is 1. The van der Waals surface area contributed by atoms with Crippen molar-refractivity contribution in [2.24, 2.45) is 51.1 Å². The van der Waals surface area contributed by atoms with E-state index in [1.165, 1.54) is 5.57 Å². The van der Waals surface area contributed by atoms with Gasteiger partial charge in [-0.1, -0.05) is 60.1 Å². The van der Waals surface area contributed by atoms with Gasteiger partial charge in [0.2, 0.25) is 0 Å². The van der Waals surface area contributed by atoms with Crippen molar-refractivity contribution in [2.45, 2.75) is 151 Å². The van der Waals surface area contributed by atoms with Crippen molar-refractivity contribution in [2.75, 3.05) is 6.54 Å². The van der Waals surface area contributed by atoms with Crippen LogP contribution in [0.4, 0.5) is 0 Å². The van der Waals surface area contributed by atoms with Crippen LogP contribution in [-0.4, -0.2) is 44.8 Å². The molecule has 1 aromatic heterocycles. The zero-order valence-electron chi connectivity index (χ0n) is 36.2. The lowest BCUT2D eigenvalue weighted by Crippen LogP contribution is -2.62. The Morgan fingerprint density at radius 1 is 1.07 bits per heavy atom. The quantitative estimate of drug-likeness (QED) is 0.190. The van der Waals surface area contributed by atoms with Crippen LogP contribution < -0.4 is 11.3 Å². The number of rotatable bonds is 13. The molecule has 11 heteroatoms. The zero-order chi connectivity index (χ0) is 42.7. The molecule has 10 nitrogen and oxygen atoms in total. The molecule has 0 aliphatic heterocycles. The number of esters is 1. The third kappa shape index (κ3) is 6.80. The van der Waals surface area contributed by atoms with E-state index in [0.29, 0.717) is 48.2 Å². The van der Waals surface area contributed by atoms with E-state index in [0.717, 1.165) is 50.5 Å². The number of nitrogens with two attached hydrogens (primary N) is 1. The van der Waals surface area contributed by atoms with Crippen LogP contribution in [0, 0.1) is 56.7 Å². The molecule has 4 aliphatic rings. The normalized spacial score (nSPS) is 31.4. The molecule has 316 valence electrons. The van der Waals surface area contributed by atoms with E-state index in [1.54, 1.807) is 42.8 Å². The van der Waals surface area contributed by atoms with Crippen molar-refractivity contribution >= 4 is 29.3 Å². The van der Waals surface area contributed by atoms with Crippen molar-refractivity contribution in [3.8, 4) is 11.8 Å². The summed E-state index contributed by atoms with van der Waals surface area (Å²) in [5, 5.41) is 19.2. The van der Waals surface area contributed by atoms with Crippen molar-refractivity contribution < 1.29 is 24.2 Å². The Labute approximate surface area is 349 Å². The van der Waals surface area contributed by atoms with Gasteiger partial charge < -0.3 is 15.6 Å². The Morgan fingerprint density at radius 2 is 1.74 bits per heavy atom. The minimum Gasteiger partial charge on any atom is -0.481 e. The third-order valence-corrected chi connectivity index (χ3v) is 16.6. The lowest BCUT2D eigenvalue weighted by atomic mass is 9.35. The predicted molar refractivity (Wildman–Crippen MR) is 226 cm³/mol. The van der Waals surface area contributed by atoms with Gasteiger partial charge in [-0.25, -0.2) is 4.68 Å². The maximum Gasteiger partial charge on any atom is 0.309 e. The first-order valence-electron chi connectivity index (χ1n) is 21.6. The number of nitrogens with zero attached hydrogens (tertiary/aromatic N) is 3. The van der Waals surface area contributed by atoms with Crippen molar-refractivity contribution in [1.29, 1.82) is 5.26 Å². The Kier molecular flexibility index (Phi) is 11.9. The fraction of sp³-hybridized carbons (Fsp3) is 0.681. The SMILES string of the molecule is CC[C@H](CC[C@@]1(C)[C@H](C)CC[C@]2(C)[C@@H]1CC[C@@H]1C3=C(C(C)C)C(=O)C[C@]3(c3c(Cl)c(=O)n(-c4ccc(C#N)cc4)n3CCN)CC[C@]12C)OC(=O)CC(C)(C)C(=O)O. The Hall–Kier alpha value is -3.68. The highest BCUT2D eigenvalue weighted by Gasteiger charge is 2.68. The highest BCUT2D eigenvalue weighted by Crippen LogP contribution is 2.75. The number of hydrogen-bond acceptors (Lipinski definition) is 7. The number of benzene rings is 1. The highest BCUT2D eigenvalue weighted by molar-refractivity contribution is 6.31. The van der Waals surface area contributed by atoms with Crippen LogP contribution in [0.5, 0.6) is 0 Å². The monoisotopic (exact) mass is 816 g/mol. The molecule has 58 heavy (non-hydrogen) atoms. The van der Waals surface area contributed by atoms with Crippen LogP contribution in [0.3, 0.4) is 0 Å². The number of allylic oxidation sites excluding steroid dienone is 2. The molecule has 0 spiro atoms. The van der Waals surface area contributed by atoms with E-state index in [4.69, 9.17) is 22.1 Å². The molecule has 3 N–H and O–H groups in total. The van der Waals surface area contributed by atoms with Gasteiger partial charge in [-0.2, -0.15) is 5.26 Å². The summed E-state index contributed by atoms with van der Waals surface area (Å²) in [7, 11) is 0. The van der Waals surface area contributed by atoms with Gasteiger partial charge in [0, 0.05) is 18.4 Å². The van der Waals surface area contributed by atoms with Crippen molar-refractivity contribution in [3.05, 3.63) is 62.0 Å². The van der Waals surface area contributed by atoms with Crippen LogP contribution in [-0.2, 0) is 31.1 Å². The molecule has 8 atom stereocenters. The summed E-state index contributed by atoms with van der Waals surface area (Å²) >= 11 is 7.24. The molecule has 0 bridgehead atoms. The van der Waals surface area contributed by atoms with Gasteiger partial charge in [0.15, 0.2) is 5.78 Å². The van der Waals surface area contributed by atoms with Gasteiger partial charge in [0.25, 0.3) is 5.56 Å². The average molecular weight is 818 g/mol. The molecule has 0 saturated heterocycles. The number of nitriles is 1. The number of Topliss-reactive ketones (excluding diaryl/α,β-unsaturated/α-hetero) is 1. The summed E-state index contributed by atoms with van der Waals surface area (Å²) in [5.74, 6) is -0.374. The third-order valence-electron chi connectivity index (χ3n) is 16.2. The van der Waals surface area contributed by atoms with Crippen molar-refractivity contribution in [1.82, 2.24) is 9.36 Å². The van der Waals surface area contributed by atoms with Crippen molar-refractivity contribution in [3.63, 3.8) is 0 Å². The van der Waals surface area contributed by atoms with E-state index in [2.05, 4.69) is 47.6 Å². The van der Waals surface area contributed by atoms with Gasteiger partial charge in [0.1, 0.15) is 11.1 Å². The van der Waals surface area contributed by atoms with Gasteiger partial charge in [-0.15, -0.1) is 0 Å². The van der Waals surface area contributed by atoms with E-state index in [9.17, 15) is 29.5 Å². The first-order chi connectivity index (χ1) is 27.2. The highest BCUT2D eigenvalue weighted by atomic mass is 35.5. The van der Waals surface area contributed by atoms with Gasteiger partial charge >= 0.3 is 11.9 Å². The molecule has 6 rings (SSSR count). The molecular formula is C47H65ClN4O6. The number of aromatic nitrogens is 2. The molecule has 4 aliphatic carbocycles. The van der Waals surface area contributed by atoms with E-state index in [1.807, 2.05) is 11.6 Å². The zero-order valence-corrected chi connectivity index (χ0v) is 36.9. The van der Waals surface area contributed by atoms with Gasteiger partial charge in [0.05, 0.1) is 41.4 Å². The molecule has 1 heterocycles. The molecule has 3 saturated carbocycles. The fourth-order valence-electron chi connectivity index (χ4n) is 12.6. The van der Waals surface area contributed by atoms with Crippen LogP contribution in [0.1, 0.15) is 144 Å². The number of carbonyl (C=O) groups excluding carboxylic acids is 2. The van der Waals surface area contributed by atoms with Gasteiger partial charge in [-0.3, -0.25) is 23.9 Å². The largest absolute Gasteiger partial charge is 0.481 e. The minimum absolute atomic E-state index is 0.00210. The number of ketones is 1.